The smallest absolute Gasteiger partial charge is 0.227 e. The van der Waals surface area contributed by atoms with Crippen LogP contribution in [0, 0.1) is 5.92 Å². The van der Waals surface area contributed by atoms with E-state index in [4.69, 9.17) is 0 Å². The van der Waals surface area contributed by atoms with E-state index in [0.717, 1.165) is 31.6 Å². The molecule has 0 spiro atoms. The summed E-state index contributed by atoms with van der Waals surface area (Å²) in [6, 6.07) is 8.86. The Kier molecular flexibility index (Phi) is 3.31. The number of piperidine rings is 1. The third kappa shape index (κ3) is 2.27. The number of amides is 1. The molecule has 2 aliphatic heterocycles. The van der Waals surface area contributed by atoms with Gasteiger partial charge in [0.15, 0.2) is 0 Å². The number of anilines is 1. The summed E-state index contributed by atoms with van der Waals surface area (Å²) < 4.78 is 0. The van der Waals surface area contributed by atoms with E-state index < -0.39 is 0 Å². The van der Waals surface area contributed by atoms with Gasteiger partial charge in [0.25, 0.3) is 0 Å². The summed E-state index contributed by atoms with van der Waals surface area (Å²) in [4.78, 5) is 14.3. The van der Waals surface area contributed by atoms with Crippen LogP contribution in [0.2, 0.25) is 0 Å². The van der Waals surface area contributed by atoms with Gasteiger partial charge in [0.1, 0.15) is 0 Å². The van der Waals surface area contributed by atoms with E-state index in [-0.39, 0.29) is 5.91 Å². The van der Waals surface area contributed by atoms with E-state index in [0.29, 0.717) is 17.9 Å². The lowest BCUT2D eigenvalue weighted by Gasteiger charge is -2.32. The molecule has 2 aliphatic rings. The molecule has 2 unspecified atom stereocenters. The second kappa shape index (κ2) is 4.97. The Hall–Kier alpha value is -1.35. The van der Waals surface area contributed by atoms with Gasteiger partial charge in [0.05, 0.1) is 6.04 Å². The van der Waals surface area contributed by atoms with Crippen molar-refractivity contribution in [1.29, 1.82) is 0 Å². The summed E-state index contributed by atoms with van der Waals surface area (Å²) in [6.07, 6.45) is 1.84. The van der Waals surface area contributed by atoms with Crippen LogP contribution in [-0.2, 0) is 4.79 Å². The number of carbonyl (C=O) groups is 1. The normalized spacial score (nSPS) is 26.9. The van der Waals surface area contributed by atoms with Crippen LogP contribution in [0.25, 0.3) is 0 Å². The second-order valence-electron chi connectivity index (χ2n) is 6.03. The fraction of sp³-hybridized carbons (Fsp3) is 0.562. The van der Waals surface area contributed by atoms with E-state index in [2.05, 4.69) is 43.4 Å². The maximum absolute atomic E-state index is 12.3. The zero-order valence-corrected chi connectivity index (χ0v) is 11.7. The molecular weight excluding hydrogens is 236 g/mol. The highest BCUT2D eigenvalue weighted by Gasteiger charge is 2.41. The molecule has 1 aromatic carbocycles. The van der Waals surface area contributed by atoms with Crippen molar-refractivity contribution in [2.45, 2.75) is 38.6 Å². The van der Waals surface area contributed by atoms with Gasteiger partial charge in [0, 0.05) is 18.7 Å². The molecule has 102 valence electrons. The topological polar surface area (TPSA) is 32.3 Å². The highest BCUT2D eigenvalue weighted by atomic mass is 16.2. The first-order chi connectivity index (χ1) is 9.16. The monoisotopic (exact) mass is 258 g/mol. The molecule has 0 saturated carbocycles. The Morgan fingerprint density at radius 3 is 2.68 bits per heavy atom. The molecule has 2 fully saturated rings. The van der Waals surface area contributed by atoms with Crippen molar-refractivity contribution in [3.8, 4) is 0 Å². The van der Waals surface area contributed by atoms with E-state index in [1.54, 1.807) is 0 Å². The predicted molar refractivity (Wildman–Crippen MR) is 77.4 cm³/mol. The average molecular weight is 258 g/mol. The number of nitrogens with zero attached hydrogens (tertiary/aromatic N) is 1. The molecule has 0 radical (unpaired) electrons. The lowest BCUT2D eigenvalue weighted by atomic mass is 9.93. The quantitative estimate of drug-likeness (QED) is 0.884. The first-order valence-electron chi connectivity index (χ1n) is 7.29. The number of benzene rings is 1. The summed E-state index contributed by atoms with van der Waals surface area (Å²) in [7, 11) is 0. The Balaban J connectivity index is 1.86. The highest BCUT2D eigenvalue weighted by molar-refractivity contribution is 5.96. The van der Waals surface area contributed by atoms with Gasteiger partial charge in [-0.1, -0.05) is 26.0 Å². The number of rotatable bonds is 2. The van der Waals surface area contributed by atoms with Crippen LogP contribution in [0.1, 0.15) is 38.2 Å². The molecular formula is C16H22N2O. The third-order valence-electron chi connectivity index (χ3n) is 4.46. The van der Waals surface area contributed by atoms with E-state index in [9.17, 15) is 4.79 Å². The van der Waals surface area contributed by atoms with Gasteiger partial charge in [-0.2, -0.15) is 0 Å². The van der Waals surface area contributed by atoms with Gasteiger partial charge in [0.2, 0.25) is 5.91 Å². The minimum atomic E-state index is 0.288. The van der Waals surface area contributed by atoms with Gasteiger partial charge >= 0.3 is 0 Å². The fourth-order valence-corrected chi connectivity index (χ4v) is 3.30. The lowest BCUT2D eigenvalue weighted by Crippen LogP contribution is -2.46. The largest absolute Gasteiger partial charge is 0.315 e. The highest BCUT2D eigenvalue weighted by Crippen LogP contribution is 2.34. The maximum atomic E-state index is 12.3. The standard InChI is InChI=1S/C16H22N2O/c1-11(2)12-3-5-14(6-4-12)18-15-10-17-8-7-13(15)9-16(18)19/h3-6,11,13,15,17H,7-10H2,1-2H3. The Morgan fingerprint density at radius 2 is 2.00 bits per heavy atom. The molecule has 2 heterocycles. The van der Waals surface area contributed by atoms with Gasteiger partial charge in [-0.15, -0.1) is 0 Å². The number of hydrogen-bond donors (Lipinski definition) is 1. The first-order valence-corrected chi connectivity index (χ1v) is 7.29. The average Bonchev–Trinajstić information content (AvgIpc) is 2.74. The summed E-state index contributed by atoms with van der Waals surface area (Å²) in [5.41, 5.74) is 2.39. The Labute approximate surface area is 115 Å². The van der Waals surface area contributed by atoms with Gasteiger partial charge in [-0.3, -0.25) is 4.79 Å². The molecule has 3 rings (SSSR count). The summed E-state index contributed by atoms with van der Waals surface area (Å²) in [5.74, 6) is 1.36. The molecule has 1 aromatic rings. The predicted octanol–water partition coefficient (Wildman–Crippen LogP) is 2.52. The molecule has 3 heteroatoms. The van der Waals surface area contributed by atoms with Gasteiger partial charge in [-0.05, 0) is 42.5 Å². The Morgan fingerprint density at radius 1 is 1.26 bits per heavy atom. The molecule has 2 saturated heterocycles. The number of nitrogens with one attached hydrogen (secondary N) is 1. The summed E-state index contributed by atoms with van der Waals surface area (Å²) in [5, 5.41) is 3.41. The maximum Gasteiger partial charge on any atom is 0.227 e. The van der Waals surface area contributed by atoms with E-state index in [1.807, 2.05) is 4.90 Å². The van der Waals surface area contributed by atoms with Crippen molar-refractivity contribution in [2.24, 2.45) is 5.92 Å². The SMILES string of the molecule is CC(C)c1ccc(N2C(=O)CC3CCNCC32)cc1. The summed E-state index contributed by atoms with van der Waals surface area (Å²) >= 11 is 0. The second-order valence-corrected chi connectivity index (χ2v) is 6.03. The van der Waals surface area contributed by atoms with Crippen molar-refractivity contribution in [2.75, 3.05) is 18.0 Å². The van der Waals surface area contributed by atoms with Gasteiger partial charge in [-0.25, -0.2) is 0 Å². The van der Waals surface area contributed by atoms with Crippen molar-refractivity contribution in [1.82, 2.24) is 5.32 Å². The lowest BCUT2D eigenvalue weighted by molar-refractivity contribution is -0.117. The van der Waals surface area contributed by atoms with Crippen LogP contribution in [0.15, 0.2) is 24.3 Å². The van der Waals surface area contributed by atoms with Crippen molar-refractivity contribution in [3.63, 3.8) is 0 Å². The molecule has 0 bridgehead atoms. The van der Waals surface area contributed by atoms with Crippen LogP contribution >= 0.6 is 0 Å². The zero-order valence-electron chi connectivity index (χ0n) is 11.7. The molecule has 1 amide bonds. The van der Waals surface area contributed by atoms with E-state index >= 15 is 0 Å². The molecule has 0 aliphatic carbocycles. The third-order valence-corrected chi connectivity index (χ3v) is 4.46. The number of carbonyl (C=O) groups excluding carboxylic acids is 1. The molecule has 0 aromatic heterocycles. The van der Waals surface area contributed by atoms with Crippen LogP contribution in [0.5, 0.6) is 0 Å². The van der Waals surface area contributed by atoms with Crippen LogP contribution < -0.4 is 10.2 Å². The van der Waals surface area contributed by atoms with Gasteiger partial charge < -0.3 is 10.2 Å². The summed E-state index contributed by atoms with van der Waals surface area (Å²) in [6.45, 7) is 6.37. The minimum Gasteiger partial charge on any atom is -0.315 e. The Bertz CT molecular complexity index is 466. The molecule has 1 N–H and O–H groups in total. The van der Waals surface area contributed by atoms with Crippen molar-refractivity contribution < 1.29 is 4.79 Å². The van der Waals surface area contributed by atoms with E-state index in [1.165, 1.54) is 5.56 Å². The van der Waals surface area contributed by atoms with Crippen LogP contribution in [0.4, 0.5) is 5.69 Å². The first kappa shape index (κ1) is 12.7. The zero-order chi connectivity index (χ0) is 13.4. The molecule has 19 heavy (non-hydrogen) atoms. The number of fused-ring (bicyclic) bond motifs is 1. The molecule has 3 nitrogen and oxygen atoms in total. The van der Waals surface area contributed by atoms with Crippen LogP contribution in [0.3, 0.4) is 0 Å². The van der Waals surface area contributed by atoms with Crippen molar-refractivity contribution >= 4 is 11.6 Å². The van der Waals surface area contributed by atoms with Crippen molar-refractivity contribution in [3.05, 3.63) is 29.8 Å². The number of hydrogen-bond acceptors (Lipinski definition) is 2. The van der Waals surface area contributed by atoms with Crippen LogP contribution in [-0.4, -0.2) is 25.0 Å². The fourth-order valence-electron chi connectivity index (χ4n) is 3.30. The molecule has 2 atom stereocenters. The minimum absolute atomic E-state index is 0.288.